The molecule has 0 saturated heterocycles. The van der Waals surface area contributed by atoms with Gasteiger partial charge in [-0.3, -0.25) is 4.79 Å². The number of halogens is 1. The van der Waals surface area contributed by atoms with E-state index < -0.39 is 0 Å². The summed E-state index contributed by atoms with van der Waals surface area (Å²) in [7, 11) is 1.85. The summed E-state index contributed by atoms with van der Waals surface area (Å²) in [5.74, 6) is 0.0828. The molecule has 1 aromatic rings. The van der Waals surface area contributed by atoms with E-state index in [0.717, 1.165) is 10.2 Å². The zero-order chi connectivity index (χ0) is 7.72. The molecule has 1 rings (SSSR count). The molecule has 0 unspecified atom stereocenters. The van der Waals surface area contributed by atoms with E-state index in [9.17, 15) is 4.79 Å². The number of nitrogens with zero attached hydrogens (tertiary/aromatic N) is 1. The van der Waals surface area contributed by atoms with Crippen molar-refractivity contribution < 1.29 is 4.79 Å². The Morgan fingerprint density at radius 3 is 2.50 bits per heavy atom. The third-order valence-corrected chi connectivity index (χ3v) is 2.00. The van der Waals surface area contributed by atoms with E-state index in [0.29, 0.717) is 0 Å². The van der Waals surface area contributed by atoms with Gasteiger partial charge < -0.3 is 4.57 Å². The fourth-order valence-corrected chi connectivity index (χ4v) is 1.59. The quantitative estimate of drug-likeness (QED) is 0.638. The normalized spacial score (nSPS) is 9.90. The van der Waals surface area contributed by atoms with Crippen molar-refractivity contribution in [1.82, 2.24) is 4.57 Å². The maximum Gasteiger partial charge on any atom is 0.177 e. The van der Waals surface area contributed by atoms with Crippen LogP contribution in [0.3, 0.4) is 0 Å². The van der Waals surface area contributed by atoms with Gasteiger partial charge in [0.25, 0.3) is 0 Å². The first-order chi connectivity index (χ1) is 4.63. The molecule has 54 valence electrons. The Morgan fingerprint density at radius 2 is 2.30 bits per heavy atom. The van der Waals surface area contributed by atoms with Crippen LogP contribution in [0.15, 0.2) is 16.7 Å². The monoisotopic (exact) mass is 201 g/mol. The topological polar surface area (TPSA) is 22.0 Å². The van der Waals surface area contributed by atoms with Crippen LogP contribution >= 0.6 is 15.9 Å². The Labute approximate surface area is 68.0 Å². The minimum Gasteiger partial charge on any atom is -0.347 e. The van der Waals surface area contributed by atoms with Crippen LogP contribution in [-0.2, 0) is 7.05 Å². The highest BCUT2D eigenvalue weighted by Gasteiger charge is 2.07. The van der Waals surface area contributed by atoms with Gasteiger partial charge >= 0.3 is 0 Å². The van der Waals surface area contributed by atoms with Crippen molar-refractivity contribution in [2.24, 2.45) is 7.05 Å². The number of Topliss-reactive ketones (excluding diaryl/α,β-unsaturated/α-hetero) is 1. The first kappa shape index (κ1) is 7.54. The molecule has 0 atom stereocenters. The lowest BCUT2D eigenvalue weighted by atomic mass is 10.3. The van der Waals surface area contributed by atoms with Gasteiger partial charge in [-0.2, -0.15) is 0 Å². The van der Waals surface area contributed by atoms with Crippen LogP contribution in [-0.4, -0.2) is 10.4 Å². The third-order valence-electron chi connectivity index (χ3n) is 1.36. The number of ketones is 1. The summed E-state index contributed by atoms with van der Waals surface area (Å²) >= 11 is 3.28. The maximum absolute atomic E-state index is 10.9. The molecule has 0 amide bonds. The summed E-state index contributed by atoms with van der Waals surface area (Å²) in [6.45, 7) is 1.56. The molecule has 10 heavy (non-hydrogen) atoms. The van der Waals surface area contributed by atoms with Crippen LogP contribution in [0.5, 0.6) is 0 Å². The van der Waals surface area contributed by atoms with Crippen LogP contribution in [0.2, 0.25) is 0 Å². The lowest BCUT2D eigenvalue weighted by Gasteiger charge is -1.96. The number of aromatic nitrogens is 1. The van der Waals surface area contributed by atoms with Crippen LogP contribution in [0.1, 0.15) is 17.4 Å². The molecule has 0 aliphatic carbocycles. The summed E-state index contributed by atoms with van der Waals surface area (Å²) in [6.07, 6.45) is 1.85. The first-order valence-corrected chi connectivity index (χ1v) is 3.74. The number of carbonyl (C=O) groups is 1. The third kappa shape index (κ3) is 1.14. The van der Waals surface area contributed by atoms with Crippen molar-refractivity contribution in [3.63, 3.8) is 0 Å². The van der Waals surface area contributed by atoms with E-state index in [-0.39, 0.29) is 5.78 Å². The van der Waals surface area contributed by atoms with E-state index in [4.69, 9.17) is 0 Å². The number of aryl methyl sites for hydroxylation is 1. The second-order valence-electron chi connectivity index (χ2n) is 2.18. The maximum atomic E-state index is 10.9. The number of hydrogen-bond donors (Lipinski definition) is 0. The molecule has 0 spiro atoms. The molecule has 0 aromatic carbocycles. The van der Waals surface area contributed by atoms with Gasteiger partial charge in [-0.15, -0.1) is 0 Å². The zero-order valence-electron chi connectivity index (χ0n) is 5.89. The van der Waals surface area contributed by atoms with Gasteiger partial charge in [0.15, 0.2) is 5.78 Å². The highest BCUT2D eigenvalue weighted by atomic mass is 79.9. The summed E-state index contributed by atoms with van der Waals surface area (Å²) in [5.41, 5.74) is 0.722. The Morgan fingerprint density at radius 1 is 1.70 bits per heavy atom. The minimum atomic E-state index is 0.0828. The van der Waals surface area contributed by atoms with Gasteiger partial charge in [0.2, 0.25) is 0 Å². The van der Waals surface area contributed by atoms with Gasteiger partial charge in [-0.05, 0) is 22.0 Å². The highest BCUT2D eigenvalue weighted by molar-refractivity contribution is 9.10. The van der Waals surface area contributed by atoms with E-state index in [1.165, 1.54) is 0 Å². The zero-order valence-corrected chi connectivity index (χ0v) is 7.47. The summed E-state index contributed by atoms with van der Waals surface area (Å²) < 4.78 is 2.66. The van der Waals surface area contributed by atoms with E-state index in [1.54, 1.807) is 11.5 Å². The van der Waals surface area contributed by atoms with E-state index in [1.807, 2.05) is 19.3 Å². The average Bonchev–Trinajstić information content (AvgIpc) is 2.11. The number of hydrogen-bond acceptors (Lipinski definition) is 1. The molecule has 0 saturated carbocycles. The van der Waals surface area contributed by atoms with Gasteiger partial charge in [0, 0.05) is 24.6 Å². The van der Waals surface area contributed by atoms with Crippen molar-refractivity contribution in [2.75, 3.05) is 0 Å². The Hall–Kier alpha value is -0.570. The van der Waals surface area contributed by atoms with Crippen LogP contribution < -0.4 is 0 Å². The van der Waals surface area contributed by atoms with Gasteiger partial charge in [0.05, 0.1) is 5.69 Å². The fraction of sp³-hybridized carbons (Fsp3) is 0.286. The Bertz CT molecular complexity index is 245. The summed E-state index contributed by atoms with van der Waals surface area (Å²) in [6, 6.07) is 1.86. The summed E-state index contributed by atoms with van der Waals surface area (Å²) in [4.78, 5) is 10.9. The molecule has 0 aliphatic heterocycles. The average molecular weight is 202 g/mol. The standard InChI is InChI=1S/C7H8BrNO/c1-5(10)7-6(8)3-4-9(7)2/h3-4H,1-2H3. The highest BCUT2D eigenvalue weighted by Crippen LogP contribution is 2.16. The van der Waals surface area contributed by atoms with Gasteiger partial charge in [0.1, 0.15) is 0 Å². The van der Waals surface area contributed by atoms with Crippen LogP contribution in [0, 0.1) is 0 Å². The van der Waals surface area contributed by atoms with Crippen LogP contribution in [0.4, 0.5) is 0 Å². The second kappa shape index (κ2) is 2.58. The lowest BCUT2D eigenvalue weighted by Crippen LogP contribution is -2.00. The molecule has 0 N–H and O–H groups in total. The first-order valence-electron chi connectivity index (χ1n) is 2.94. The van der Waals surface area contributed by atoms with Crippen LogP contribution in [0.25, 0.3) is 0 Å². The Kier molecular flexibility index (Phi) is 1.94. The molecule has 0 aliphatic rings. The largest absolute Gasteiger partial charge is 0.347 e. The second-order valence-corrected chi connectivity index (χ2v) is 3.03. The lowest BCUT2D eigenvalue weighted by molar-refractivity contribution is 0.100. The van der Waals surface area contributed by atoms with E-state index >= 15 is 0 Å². The molecule has 0 fully saturated rings. The van der Waals surface area contributed by atoms with Crippen molar-refractivity contribution in [1.29, 1.82) is 0 Å². The molecular formula is C7H8BrNO. The Balaban J connectivity index is 3.23. The van der Waals surface area contributed by atoms with Crippen molar-refractivity contribution >= 4 is 21.7 Å². The molecule has 3 heteroatoms. The number of rotatable bonds is 1. The number of carbonyl (C=O) groups excluding carboxylic acids is 1. The molecular weight excluding hydrogens is 194 g/mol. The summed E-state index contributed by atoms with van der Waals surface area (Å²) in [5, 5.41) is 0. The SMILES string of the molecule is CC(=O)c1c(Br)ccn1C. The molecule has 1 heterocycles. The van der Waals surface area contributed by atoms with Crippen molar-refractivity contribution in [3.8, 4) is 0 Å². The van der Waals surface area contributed by atoms with Crippen molar-refractivity contribution in [2.45, 2.75) is 6.92 Å². The predicted molar refractivity (Wildman–Crippen MR) is 43.1 cm³/mol. The molecule has 1 aromatic heterocycles. The van der Waals surface area contributed by atoms with E-state index in [2.05, 4.69) is 15.9 Å². The molecule has 0 bridgehead atoms. The van der Waals surface area contributed by atoms with Gasteiger partial charge in [-0.25, -0.2) is 0 Å². The smallest absolute Gasteiger partial charge is 0.177 e. The molecule has 2 nitrogen and oxygen atoms in total. The fourth-order valence-electron chi connectivity index (χ4n) is 0.916. The molecule has 0 radical (unpaired) electrons. The predicted octanol–water partition coefficient (Wildman–Crippen LogP) is 1.99. The minimum absolute atomic E-state index is 0.0828. The van der Waals surface area contributed by atoms with Gasteiger partial charge in [-0.1, -0.05) is 0 Å². The van der Waals surface area contributed by atoms with Crippen molar-refractivity contribution in [3.05, 3.63) is 22.4 Å².